The molecule has 2 amide bonds. The lowest BCUT2D eigenvalue weighted by Crippen LogP contribution is -2.44. The second kappa shape index (κ2) is 7.61. The Labute approximate surface area is 100 Å². The molecule has 0 radical (unpaired) electrons. The Bertz CT molecular complexity index is 291. The molecule has 2 N–H and O–H groups in total. The third-order valence-corrected chi connectivity index (χ3v) is 1.98. The Hall–Kier alpha value is -1.63. The monoisotopic (exact) mass is 245 g/mol. The Kier molecular flexibility index (Phi) is 6.88. The molecule has 0 aliphatic heterocycles. The average molecular weight is 245 g/mol. The maximum absolute atomic E-state index is 11.6. The van der Waals surface area contributed by atoms with Gasteiger partial charge in [0.25, 0.3) is 0 Å². The van der Waals surface area contributed by atoms with Gasteiger partial charge < -0.3 is 20.2 Å². The van der Waals surface area contributed by atoms with Gasteiger partial charge in [-0.1, -0.05) is 0 Å². The normalized spacial score (nSPS) is 10.1. The first-order valence-corrected chi connectivity index (χ1v) is 5.21. The van der Waals surface area contributed by atoms with E-state index in [-0.39, 0.29) is 19.0 Å². The van der Waals surface area contributed by atoms with E-state index in [1.165, 1.54) is 11.8 Å². The highest BCUT2D eigenvalue weighted by atomic mass is 16.4. The fraction of sp³-hybridized carbons (Fsp3) is 0.700. The molecule has 0 atom stereocenters. The highest BCUT2D eigenvalue weighted by Gasteiger charge is 2.16. The summed E-state index contributed by atoms with van der Waals surface area (Å²) in [6.07, 6.45) is 0. The van der Waals surface area contributed by atoms with Gasteiger partial charge in [-0.05, 0) is 14.1 Å². The van der Waals surface area contributed by atoms with Crippen LogP contribution in [0.3, 0.4) is 0 Å². The van der Waals surface area contributed by atoms with Crippen molar-refractivity contribution < 1.29 is 19.5 Å². The minimum Gasteiger partial charge on any atom is -0.480 e. The molecule has 0 saturated carbocycles. The summed E-state index contributed by atoms with van der Waals surface area (Å²) in [6.45, 7) is 1.66. The van der Waals surface area contributed by atoms with Gasteiger partial charge in [-0.25, -0.2) is 0 Å². The van der Waals surface area contributed by atoms with E-state index < -0.39 is 11.9 Å². The van der Waals surface area contributed by atoms with Crippen LogP contribution >= 0.6 is 0 Å². The predicted molar refractivity (Wildman–Crippen MR) is 61.5 cm³/mol. The number of rotatable bonds is 7. The molecule has 0 aromatic heterocycles. The number of carboxylic acid groups (broad SMARTS) is 1. The van der Waals surface area contributed by atoms with Crippen molar-refractivity contribution in [2.24, 2.45) is 0 Å². The van der Waals surface area contributed by atoms with E-state index in [9.17, 15) is 14.4 Å². The zero-order valence-electron chi connectivity index (χ0n) is 10.4. The Morgan fingerprint density at radius 3 is 2.18 bits per heavy atom. The minimum atomic E-state index is -1.07. The molecule has 0 spiro atoms. The summed E-state index contributed by atoms with van der Waals surface area (Å²) in [6, 6.07) is 0. The van der Waals surface area contributed by atoms with Crippen molar-refractivity contribution >= 4 is 17.8 Å². The standard InChI is InChI=1S/C10H19N3O4/c1-8(14)11-6-9(15)13(7-10(16)17)5-4-12(2)3/h4-7H2,1-3H3,(H,11,14)(H,16,17). The molecule has 0 fully saturated rings. The van der Waals surface area contributed by atoms with Crippen molar-refractivity contribution in [2.75, 3.05) is 40.3 Å². The molecule has 7 nitrogen and oxygen atoms in total. The van der Waals surface area contributed by atoms with E-state index in [4.69, 9.17) is 5.11 Å². The molecular formula is C10H19N3O4. The number of nitrogens with zero attached hydrogens (tertiary/aromatic N) is 2. The average Bonchev–Trinajstić information content (AvgIpc) is 2.19. The van der Waals surface area contributed by atoms with E-state index in [1.807, 2.05) is 19.0 Å². The fourth-order valence-electron chi connectivity index (χ4n) is 1.09. The van der Waals surface area contributed by atoms with Crippen molar-refractivity contribution in [3.8, 4) is 0 Å². The van der Waals surface area contributed by atoms with Gasteiger partial charge in [0.15, 0.2) is 0 Å². The molecule has 17 heavy (non-hydrogen) atoms. The number of carbonyl (C=O) groups is 3. The van der Waals surface area contributed by atoms with Gasteiger partial charge in [0, 0.05) is 20.0 Å². The number of amides is 2. The van der Waals surface area contributed by atoms with Crippen LogP contribution in [0.2, 0.25) is 0 Å². The summed E-state index contributed by atoms with van der Waals surface area (Å²) in [5.41, 5.74) is 0. The van der Waals surface area contributed by atoms with Crippen molar-refractivity contribution in [3.05, 3.63) is 0 Å². The van der Waals surface area contributed by atoms with Crippen molar-refractivity contribution in [2.45, 2.75) is 6.92 Å². The quantitative estimate of drug-likeness (QED) is 0.575. The predicted octanol–water partition coefficient (Wildman–Crippen LogP) is -1.40. The number of likely N-dealkylation sites (N-methyl/N-ethyl adjacent to an activating group) is 1. The van der Waals surface area contributed by atoms with E-state index in [0.29, 0.717) is 13.1 Å². The molecule has 0 aromatic carbocycles. The molecule has 0 aliphatic carbocycles. The van der Waals surface area contributed by atoms with Crippen molar-refractivity contribution in [3.63, 3.8) is 0 Å². The van der Waals surface area contributed by atoms with Crippen LogP contribution in [0.4, 0.5) is 0 Å². The van der Waals surface area contributed by atoms with Crippen LogP contribution in [0.1, 0.15) is 6.92 Å². The second-order valence-corrected chi connectivity index (χ2v) is 3.92. The molecule has 98 valence electrons. The Morgan fingerprint density at radius 1 is 1.18 bits per heavy atom. The van der Waals surface area contributed by atoms with Gasteiger partial charge in [0.1, 0.15) is 6.54 Å². The molecule has 0 aromatic rings. The summed E-state index contributed by atoms with van der Waals surface area (Å²) < 4.78 is 0. The molecule has 0 bridgehead atoms. The van der Waals surface area contributed by atoms with Gasteiger partial charge in [-0.15, -0.1) is 0 Å². The van der Waals surface area contributed by atoms with E-state index in [1.54, 1.807) is 0 Å². The maximum Gasteiger partial charge on any atom is 0.323 e. The van der Waals surface area contributed by atoms with Crippen LogP contribution in [0.25, 0.3) is 0 Å². The summed E-state index contributed by atoms with van der Waals surface area (Å²) in [4.78, 5) is 35.9. The lowest BCUT2D eigenvalue weighted by molar-refractivity contribution is -0.144. The number of carbonyl (C=O) groups excluding carboxylic acids is 2. The summed E-state index contributed by atoms with van der Waals surface area (Å²) in [7, 11) is 3.66. The van der Waals surface area contributed by atoms with Crippen LogP contribution in [0.5, 0.6) is 0 Å². The zero-order chi connectivity index (χ0) is 13.4. The molecule has 0 unspecified atom stereocenters. The first-order chi connectivity index (χ1) is 7.82. The lowest BCUT2D eigenvalue weighted by atomic mass is 10.4. The first kappa shape index (κ1) is 15.4. The summed E-state index contributed by atoms with van der Waals surface area (Å²) in [5.74, 6) is -1.79. The largest absolute Gasteiger partial charge is 0.480 e. The van der Waals surface area contributed by atoms with Gasteiger partial charge >= 0.3 is 5.97 Å². The SMILES string of the molecule is CC(=O)NCC(=O)N(CCN(C)C)CC(=O)O. The smallest absolute Gasteiger partial charge is 0.323 e. The van der Waals surface area contributed by atoms with Crippen LogP contribution in [0.15, 0.2) is 0 Å². The van der Waals surface area contributed by atoms with Crippen molar-refractivity contribution in [1.82, 2.24) is 15.1 Å². The second-order valence-electron chi connectivity index (χ2n) is 3.92. The summed E-state index contributed by atoms with van der Waals surface area (Å²) in [5, 5.41) is 11.0. The van der Waals surface area contributed by atoms with Gasteiger partial charge in [0.2, 0.25) is 11.8 Å². The highest BCUT2D eigenvalue weighted by Crippen LogP contribution is 1.91. The Morgan fingerprint density at radius 2 is 1.76 bits per heavy atom. The molecular weight excluding hydrogens is 226 g/mol. The highest BCUT2D eigenvalue weighted by molar-refractivity contribution is 5.86. The van der Waals surface area contributed by atoms with Crippen LogP contribution < -0.4 is 5.32 Å². The van der Waals surface area contributed by atoms with Crippen LogP contribution in [-0.2, 0) is 14.4 Å². The molecule has 0 aliphatic rings. The van der Waals surface area contributed by atoms with Crippen LogP contribution in [-0.4, -0.2) is 73.0 Å². The molecule has 0 saturated heterocycles. The van der Waals surface area contributed by atoms with E-state index >= 15 is 0 Å². The maximum atomic E-state index is 11.6. The number of hydrogen-bond donors (Lipinski definition) is 2. The topological polar surface area (TPSA) is 90.0 Å². The van der Waals surface area contributed by atoms with Gasteiger partial charge in [-0.2, -0.15) is 0 Å². The first-order valence-electron chi connectivity index (χ1n) is 5.21. The van der Waals surface area contributed by atoms with Gasteiger partial charge in [-0.3, -0.25) is 14.4 Å². The van der Waals surface area contributed by atoms with E-state index in [0.717, 1.165) is 0 Å². The third-order valence-electron chi connectivity index (χ3n) is 1.98. The van der Waals surface area contributed by atoms with Crippen molar-refractivity contribution in [1.29, 1.82) is 0 Å². The number of carboxylic acids is 1. The number of nitrogens with one attached hydrogen (secondary N) is 1. The zero-order valence-corrected chi connectivity index (χ0v) is 10.4. The van der Waals surface area contributed by atoms with Gasteiger partial charge in [0.05, 0.1) is 6.54 Å². The summed E-state index contributed by atoms with van der Waals surface area (Å²) >= 11 is 0. The fourth-order valence-corrected chi connectivity index (χ4v) is 1.09. The lowest BCUT2D eigenvalue weighted by Gasteiger charge is -2.22. The third kappa shape index (κ3) is 8.21. The van der Waals surface area contributed by atoms with Crippen LogP contribution in [0, 0.1) is 0 Å². The molecule has 7 heteroatoms. The number of aliphatic carboxylic acids is 1. The molecule has 0 rings (SSSR count). The Balaban J connectivity index is 4.28. The number of hydrogen-bond acceptors (Lipinski definition) is 4. The minimum absolute atomic E-state index is 0.171. The molecule has 0 heterocycles. The van der Waals surface area contributed by atoms with E-state index in [2.05, 4.69) is 5.32 Å².